The maximum absolute atomic E-state index is 5.65. The van der Waals surface area contributed by atoms with E-state index in [0.717, 1.165) is 4.43 Å². The van der Waals surface area contributed by atoms with Gasteiger partial charge in [-0.15, -0.1) is 0 Å². The summed E-state index contributed by atoms with van der Waals surface area (Å²) >= 11 is 4.84. The second-order valence-corrected chi connectivity index (χ2v) is 11.1. The Kier molecular flexibility index (Phi) is 5.74. The fourth-order valence-electron chi connectivity index (χ4n) is 0.507. The van der Waals surface area contributed by atoms with E-state index < -0.39 is 16.2 Å². The van der Waals surface area contributed by atoms with Crippen molar-refractivity contribution in [2.45, 2.75) is 23.8 Å². The molecule has 0 rings (SSSR count). The molecular weight excluding hydrogens is 165 g/mol. The number of hydrogen-bond acceptors (Lipinski definition) is 0. The van der Waals surface area contributed by atoms with Gasteiger partial charge in [0.15, 0.2) is 0 Å². The molecule has 0 unspecified atom stereocenters. The number of halogens is 1. The summed E-state index contributed by atoms with van der Waals surface area (Å²) in [7, 11) is 0. The van der Waals surface area contributed by atoms with Crippen LogP contribution in [0.4, 0.5) is 0 Å². The zero-order chi connectivity index (χ0) is 5.70. The molecule has 0 aromatic rings. The Morgan fingerprint density at radius 3 is 1.71 bits per heavy atom. The number of rotatable bonds is 3. The molecule has 0 heterocycles. The van der Waals surface area contributed by atoms with Gasteiger partial charge in [-0.05, 0) is 0 Å². The molecule has 0 bridgehead atoms. The molecule has 0 saturated carbocycles. The van der Waals surface area contributed by atoms with Crippen molar-refractivity contribution in [3.05, 3.63) is 0 Å². The van der Waals surface area contributed by atoms with Gasteiger partial charge >= 0.3 is 56.1 Å². The Hall–Kier alpha value is 0.926. The van der Waals surface area contributed by atoms with Crippen LogP contribution in [0.3, 0.4) is 0 Å². The van der Waals surface area contributed by atoms with E-state index in [2.05, 4.69) is 13.8 Å². The molecule has 0 spiro atoms. The van der Waals surface area contributed by atoms with Gasteiger partial charge in [-0.3, -0.25) is 0 Å². The third-order valence-electron chi connectivity index (χ3n) is 1.37. The second kappa shape index (κ2) is 5.07. The molecule has 0 fully saturated rings. The van der Waals surface area contributed by atoms with Crippen LogP contribution in [0.5, 0.6) is 0 Å². The Bertz CT molecular complexity index is 29.6. The van der Waals surface area contributed by atoms with Gasteiger partial charge in [0.25, 0.3) is 0 Å². The first-order valence-electron chi connectivity index (χ1n) is 2.91. The van der Waals surface area contributed by atoms with Gasteiger partial charge in [-0.2, -0.15) is 0 Å². The molecule has 42 valence electrons. The number of hydrogen-bond donors (Lipinski definition) is 0. The fraction of sp³-hybridized carbons (Fsp3) is 1.00. The molecule has 0 aliphatic heterocycles. The van der Waals surface area contributed by atoms with Gasteiger partial charge in [0, 0.05) is 0 Å². The van der Waals surface area contributed by atoms with Crippen LogP contribution in [0, 0.1) is 0 Å². The van der Waals surface area contributed by atoms with Crippen LogP contribution in [0.1, 0.15) is 13.8 Å². The van der Waals surface area contributed by atoms with Gasteiger partial charge in [0.2, 0.25) is 0 Å². The molecule has 0 aliphatic carbocycles. The Morgan fingerprint density at radius 2 is 1.71 bits per heavy atom. The SMILES string of the molecule is C[CH2][Ga]([CH2]C)[CH2]Cl. The molecule has 0 saturated heterocycles. The summed E-state index contributed by atoms with van der Waals surface area (Å²) in [4.78, 5) is 2.82. The van der Waals surface area contributed by atoms with Crippen LogP contribution in [0.25, 0.3) is 0 Å². The van der Waals surface area contributed by atoms with E-state index in [4.69, 9.17) is 11.6 Å². The minimum atomic E-state index is -0.811. The summed E-state index contributed by atoms with van der Waals surface area (Å²) in [6, 6.07) is 0. The predicted molar refractivity (Wildman–Crippen MR) is 37.4 cm³/mol. The first-order valence-corrected chi connectivity index (χ1v) is 8.58. The molecule has 0 aromatic heterocycles. The van der Waals surface area contributed by atoms with Crippen molar-refractivity contribution >= 4 is 27.8 Å². The number of alkyl halides is 1. The molecule has 0 atom stereocenters. The molecule has 2 heteroatoms. The van der Waals surface area contributed by atoms with Crippen molar-refractivity contribution in [1.29, 1.82) is 0 Å². The average molecular weight is 177 g/mol. The monoisotopic (exact) mass is 176 g/mol. The third kappa shape index (κ3) is 3.50. The van der Waals surface area contributed by atoms with Crippen molar-refractivity contribution < 1.29 is 0 Å². The van der Waals surface area contributed by atoms with Crippen molar-refractivity contribution in [1.82, 2.24) is 0 Å². The van der Waals surface area contributed by atoms with E-state index in [1.807, 2.05) is 0 Å². The van der Waals surface area contributed by atoms with Gasteiger partial charge in [0.1, 0.15) is 0 Å². The first kappa shape index (κ1) is 7.93. The molecule has 0 amide bonds. The third-order valence-corrected chi connectivity index (χ3v) is 9.40. The zero-order valence-corrected chi connectivity index (χ0v) is 8.26. The fourth-order valence-corrected chi connectivity index (χ4v) is 4.90. The molecule has 0 aromatic carbocycles. The maximum atomic E-state index is 5.65. The summed E-state index contributed by atoms with van der Waals surface area (Å²) in [5.74, 6) is 0. The van der Waals surface area contributed by atoms with Crippen molar-refractivity contribution in [2.24, 2.45) is 0 Å². The summed E-state index contributed by atoms with van der Waals surface area (Å²) in [6.45, 7) is 4.52. The quantitative estimate of drug-likeness (QED) is 0.458. The van der Waals surface area contributed by atoms with Crippen molar-refractivity contribution in [3.63, 3.8) is 0 Å². The van der Waals surface area contributed by atoms with Gasteiger partial charge < -0.3 is 0 Å². The van der Waals surface area contributed by atoms with Gasteiger partial charge in [-0.1, -0.05) is 0 Å². The van der Waals surface area contributed by atoms with Crippen LogP contribution in [-0.4, -0.2) is 20.7 Å². The van der Waals surface area contributed by atoms with E-state index in [0.29, 0.717) is 0 Å². The van der Waals surface area contributed by atoms with E-state index >= 15 is 0 Å². The summed E-state index contributed by atoms with van der Waals surface area (Å²) < 4.78 is 1.01. The second-order valence-electron chi connectivity index (χ2n) is 1.84. The van der Waals surface area contributed by atoms with Crippen LogP contribution in [-0.2, 0) is 0 Å². The van der Waals surface area contributed by atoms with Crippen molar-refractivity contribution in [3.8, 4) is 0 Å². The molecule has 0 nitrogen and oxygen atoms in total. The zero-order valence-electron chi connectivity index (χ0n) is 5.08. The van der Waals surface area contributed by atoms with E-state index in [1.165, 1.54) is 9.95 Å². The summed E-state index contributed by atoms with van der Waals surface area (Å²) in [6.07, 6.45) is 0. The topological polar surface area (TPSA) is 0 Å². The van der Waals surface area contributed by atoms with E-state index in [-0.39, 0.29) is 0 Å². The Morgan fingerprint density at radius 1 is 1.29 bits per heavy atom. The van der Waals surface area contributed by atoms with Crippen LogP contribution < -0.4 is 0 Å². The summed E-state index contributed by atoms with van der Waals surface area (Å²) in [5, 5.41) is 0. The first-order chi connectivity index (χ1) is 3.35. The van der Waals surface area contributed by atoms with Crippen LogP contribution >= 0.6 is 11.6 Å². The normalized spacial score (nSPS) is 9.00. The van der Waals surface area contributed by atoms with Gasteiger partial charge in [-0.25, -0.2) is 0 Å². The van der Waals surface area contributed by atoms with Crippen LogP contribution in [0.15, 0.2) is 0 Å². The molecule has 7 heavy (non-hydrogen) atoms. The van der Waals surface area contributed by atoms with Gasteiger partial charge in [0.05, 0.1) is 0 Å². The summed E-state index contributed by atoms with van der Waals surface area (Å²) in [5.41, 5.74) is 0. The average Bonchev–Trinajstić information content (AvgIpc) is 1.72. The molecule has 0 N–H and O–H groups in total. The molecular formula is C5H12ClGa. The Labute approximate surface area is 56.3 Å². The van der Waals surface area contributed by atoms with Crippen molar-refractivity contribution in [2.75, 3.05) is 4.43 Å². The van der Waals surface area contributed by atoms with E-state index in [9.17, 15) is 0 Å². The Balaban J connectivity index is 2.99. The molecule has 0 radical (unpaired) electrons. The van der Waals surface area contributed by atoms with E-state index in [1.54, 1.807) is 0 Å². The molecule has 0 aliphatic rings. The predicted octanol–water partition coefficient (Wildman–Crippen LogP) is 2.30. The van der Waals surface area contributed by atoms with Crippen LogP contribution in [0.2, 0.25) is 9.95 Å². The minimum absolute atomic E-state index is 0.811. The standard InChI is InChI=1S/2C2H5.CH2Cl.Ga/c3*1-2;/h2*1H2,2H3;1H2;.